The van der Waals surface area contributed by atoms with E-state index < -0.39 is 24.3 Å². The van der Waals surface area contributed by atoms with Crippen LogP contribution in [0.25, 0.3) is 0 Å². The number of carbonyl (C=O) groups excluding carboxylic acids is 2. The quantitative estimate of drug-likeness (QED) is 0.168. The van der Waals surface area contributed by atoms with E-state index in [1.807, 2.05) is 20.8 Å². The first kappa shape index (κ1) is 35.7. The van der Waals surface area contributed by atoms with Gasteiger partial charge in [-0.1, -0.05) is 57.2 Å². The molecule has 3 N–H and O–H groups in total. The van der Waals surface area contributed by atoms with E-state index in [9.17, 15) is 9.59 Å². The number of unbranched alkanes of at least 4 members (excludes halogenated alkanes) is 3. The molecule has 256 valence electrons. The second-order valence-corrected chi connectivity index (χ2v) is 12.7. The number of hydrogen-bond donors (Lipinski definition) is 3. The van der Waals surface area contributed by atoms with Gasteiger partial charge in [0.1, 0.15) is 0 Å². The van der Waals surface area contributed by atoms with Crippen molar-refractivity contribution in [3.05, 3.63) is 23.0 Å². The first-order valence-corrected chi connectivity index (χ1v) is 16.9. The fourth-order valence-corrected chi connectivity index (χ4v) is 6.22. The fraction of sp³-hybridized carbons (Fsp3) is 0.727. The van der Waals surface area contributed by atoms with Gasteiger partial charge in [0.05, 0.1) is 42.6 Å². The van der Waals surface area contributed by atoms with Crippen LogP contribution in [-0.2, 0) is 26.3 Å². The molecule has 3 aliphatic heterocycles. The summed E-state index contributed by atoms with van der Waals surface area (Å²) in [5, 5.41) is 9.91. The maximum absolute atomic E-state index is 15.6. The zero-order valence-corrected chi connectivity index (χ0v) is 28.0. The van der Waals surface area contributed by atoms with Crippen LogP contribution in [0.1, 0.15) is 110 Å². The zero-order chi connectivity index (χ0) is 33.3. The number of allylic oxidation sites excluding steroid dienone is 2. The van der Waals surface area contributed by atoms with Gasteiger partial charge in [0.2, 0.25) is 11.9 Å². The second kappa shape index (κ2) is 16.6. The number of hydroxylamine groups is 1. The van der Waals surface area contributed by atoms with Gasteiger partial charge in [-0.25, -0.2) is 18.8 Å². The number of aliphatic imine (C=N–C) groups is 1. The summed E-state index contributed by atoms with van der Waals surface area (Å²) >= 11 is 0. The van der Waals surface area contributed by atoms with Crippen LogP contribution in [0.4, 0.5) is 14.7 Å². The lowest BCUT2D eigenvalue weighted by Crippen LogP contribution is -2.44. The normalized spacial score (nSPS) is 24.5. The predicted octanol–water partition coefficient (Wildman–Crippen LogP) is 5.60. The number of aromatic nitrogens is 2. The number of rotatable bonds is 15. The number of nitrogens with one attached hydrogen (secondary N) is 3. The Morgan fingerprint density at radius 3 is 2.76 bits per heavy atom. The van der Waals surface area contributed by atoms with Crippen LogP contribution >= 0.6 is 0 Å². The summed E-state index contributed by atoms with van der Waals surface area (Å²) < 4.78 is 38.6. The van der Waals surface area contributed by atoms with E-state index in [0.717, 1.165) is 37.7 Å². The van der Waals surface area contributed by atoms with Gasteiger partial charge in [-0.05, 0) is 51.0 Å². The van der Waals surface area contributed by atoms with Crippen molar-refractivity contribution in [2.75, 3.05) is 19.8 Å². The Kier molecular flexibility index (Phi) is 12.9. The van der Waals surface area contributed by atoms with Gasteiger partial charge < -0.3 is 19.9 Å². The molecule has 4 rings (SSSR count). The van der Waals surface area contributed by atoms with Crippen LogP contribution in [0.3, 0.4) is 0 Å². The molecule has 13 heteroatoms. The molecule has 2 fully saturated rings. The SMILES string of the molecule is CCCCCCC(NC(=O)C1=NONC1CC)c1cn(C)c(/N=C(\C(CC2CCCNC2=O)=C(C)CC)C2COCCC2(F)F)n1. The number of amides is 2. The van der Waals surface area contributed by atoms with Crippen molar-refractivity contribution in [1.29, 1.82) is 0 Å². The number of ether oxygens (including phenoxy) is 1. The lowest BCUT2D eigenvalue weighted by molar-refractivity contribution is -0.126. The number of halogens is 2. The van der Waals surface area contributed by atoms with Crippen molar-refractivity contribution in [3.63, 3.8) is 0 Å². The predicted molar refractivity (Wildman–Crippen MR) is 173 cm³/mol. The minimum Gasteiger partial charge on any atom is -0.380 e. The van der Waals surface area contributed by atoms with Crippen molar-refractivity contribution < 1.29 is 28.0 Å². The summed E-state index contributed by atoms with van der Waals surface area (Å²) in [7, 11) is 1.77. The average molecular weight is 648 g/mol. The van der Waals surface area contributed by atoms with Gasteiger partial charge in [-0.15, -0.1) is 5.48 Å². The molecule has 4 atom stereocenters. The maximum atomic E-state index is 15.6. The van der Waals surface area contributed by atoms with E-state index >= 15 is 8.78 Å². The Hall–Kier alpha value is -3.19. The summed E-state index contributed by atoms with van der Waals surface area (Å²) in [6.45, 7) is 8.40. The number of imidazole rings is 1. The van der Waals surface area contributed by atoms with E-state index in [-0.39, 0.29) is 54.4 Å². The second-order valence-electron chi connectivity index (χ2n) is 12.7. The Labute approximate surface area is 271 Å². The highest BCUT2D eigenvalue weighted by molar-refractivity contribution is 6.41. The Morgan fingerprint density at radius 1 is 1.26 bits per heavy atom. The molecule has 0 spiro atoms. The summed E-state index contributed by atoms with van der Waals surface area (Å²) in [5.41, 5.74) is 5.40. The molecule has 0 saturated carbocycles. The van der Waals surface area contributed by atoms with Gasteiger partial charge in [0.15, 0.2) is 5.71 Å². The van der Waals surface area contributed by atoms with Gasteiger partial charge in [0.25, 0.3) is 11.8 Å². The van der Waals surface area contributed by atoms with Crippen LogP contribution in [0.2, 0.25) is 0 Å². The molecule has 2 saturated heterocycles. The fourth-order valence-electron chi connectivity index (χ4n) is 6.22. The molecule has 11 nitrogen and oxygen atoms in total. The van der Waals surface area contributed by atoms with Crippen molar-refractivity contribution in [3.8, 4) is 0 Å². The van der Waals surface area contributed by atoms with Crippen LogP contribution in [-0.4, -0.2) is 64.5 Å². The number of carbonyl (C=O) groups is 2. The van der Waals surface area contributed by atoms with Crippen molar-refractivity contribution in [1.82, 2.24) is 25.7 Å². The van der Waals surface area contributed by atoms with E-state index in [1.54, 1.807) is 17.8 Å². The number of piperidine rings is 1. The Morgan fingerprint density at radius 2 is 2.07 bits per heavy atom. The maximum Gasteiger partial charge on any atom is 0.271 e. The van der Waals surface area contributed by atoms with Crippen molar-refractivity contribution >= 4 is 29.2 Å². The molecular formula is C33H51F2N7O4. The van der Waals surface area contributed by atoms with Gasteiger partial charge >= 0.3 is 0 Å². The van der Waals surface area contributed by atoms with E-state index in [1.165, 1.54) is 0 Å². The molecule has 1 aromatic rings. The monoisotopic (exact) mass is 647 g/mol. The van der Waals surface area contributed by atoms with E-state index in [4.69, 9.17) is 19.7 Å². The zero-order valence-electron chi connectivity index (χ0n) is 28.0. The first-order valence-electron chi connectivity index (χ1n) is 16.9. The Balaban J connectivity index is 1.73. The standard InChI is InChI=1S/C33H51F2N7O4/c1-6-9-10-11-14-26(37-31(44)29-25(8-3)40-46-41-29)27-19-42(5)32(38-27)39-28(24-20-45-17-15-33(24,34)35)23(21(4)7-2)18-22-13-12-16-36-30(22)43/h19,22,24-26,40H,6-18,20H2,1-5H3,(H,36,43)(H,37,44)/b23-21?,39-28+. The summed E-state index contributed by atoms with van der Waals surface area (Å²) in [6.07, 6.45) is 9.16. The van der Waals surface area contributed by atoms with Gasteiger partial charge in [0, 0.05) is 32.1 Å². The van der Waals surface area contributed by atoms with Crippen LogP contribution in [0.5, 0.6) is 0 Å². The number of oxime groups is 1. The third kappa shape index (κ3) is 8.78. The highest BCUT2D eigenvalue weighted by Gasteiger charge is 2.47. The molecule has 4 heterocycles. The number of hydrogen-bond acceptors (Lipinski definition) is 8. The minimum atomic E-state index is -3.04. The molecule has 0 bridgehead atoms. The van der Waals surface area contributed by atoms with Crippen LogP contribution in [0, 0.1) is 11.8 Å². The molecule has 46 heavy (non-hydrogen) atoms. The summed E-state index contributed by atoms with van der Waals surface area (Å²) in [5.74, 6) is -4.80. The van der Waals surface area contributed by atoms with E-state index in [0.29, 0.717) is 49.9 Å². The largest absolute Gasteiger partial charge is 0.380 e. The number of alkyl halides is 2. The molecule has 3 aliphatic rings. The molecule has 2 amide bonds. The number of aryl methyl sites for hydroxylation is 1. The molecule has 0 aliphatic carbocycles. The lowest BCUT2D eigenvalue weighted by atomic mass is 9.80. The smallest absolute Gasteiger partial charge is 0.271 e. The molecule has 0 aromatic carbocycles. The Bertz CT molecular complexity index is 1310. The van der Waals surface area contributed by atoms with Gasteiger partial charge in [-0.2, -0.15) is 0 Å². The molecule has 1 aromatic heterocycles. The lowest BCUT2D eigenvalue weighted by Gasteiger charge is -2.34. The third-order valence-corrected chi connectivity index (χ3v) is 9.32. The van der Waals surface area contributed by atoms with Crippen LogP contribution < -0.4 is 16.1 Å². The molecule has 4 unspecified atom stereocenters. The minimum absolute atomic E-state index is 0.0235. The first-order chi connectivity index (χ1) is 22.1. The van der Waals surface area contributed by atoms with Gasteiger partial charge in [-0.3, -0.25) is 14.5 Å². The number of nitrogens with zero attached hydrogens (tertiary/aromatic N) is 4. The van der Waals surface area contributed by atoms with Crippen LogP contribution in [0.15, 0.2) is 27.5 Å². The third-order valence-electron chi connectivity index (χ3n) is 9.32. The van der Waals surface area contributed by atoms with Crippen molar-refractivity contribution in [2.24, 2.45) is 29.0 Å². The molecular weight excluding hydrogens is 596 g/mol. The van der Waals surface area contributed by atoms with Crippen molar-refractivity contribution in [2.45, 2.75) is 116 Å². The summed E-state index contributed by atoms with van der Waals surface area (Å²) in [6, 6.07) is -0.758. The topological polar surface area (TPSA) is 131 Å². The van der Waals surface area contributed by atoms with E-state index in [2.05, 4.69) is 28.2 Å². The highest BCUT2D eigenvalue weighted by atomic mass is 19.3. The highest BCUT2D eigenvalue weighted by Crippen LogP contribution is 2.39. The summed E-state index contributed by atoms with van der Waals surface area (Å²) in [4.78, 5) is 40.8. The average Bonchev–Trinajstić information content (AvgIpc) is 3.67. The molecule has 0 radical (unpaired) electrons.